The number of fused-ring (bicyclic) bond motifs is 1. The molecule has 0 bridgehead atoms. The minimum Gasteiger partial charge on any atom is -0.483 e. The maximum atomic E-state index is 12.6. The number of para-hydroxylation sites is 1. The molecule has 1 N–H and O–H groups in total. The quantitative estimate of drug-likeness (QED) is 0.869. The Morgan fingerprint density at radius 2 is 2.07 bits per heavy atom. The van der Waals surface area contributed by atoms with Crippen LogP contribution in [0.3, 0.4) is 0 Å². The van der Waals surface area contributed by atoms with E-state index in [-0.39, 0.29) is 18.1 Å². The molecule has 2 aromatic rings. The second-order valence-electron chi connectivity index (χ2n) is 8.05. The van der Waals surface area contributed by atoms with E-state index in [2.05, 4.69) is 15.5 Å². The van der Waals surface area contributed by atoms with Crippen LogP contribution in [0.1, 0.15) is 56.8 Å². The van der Waals surface area contributed by atoms with E-state index in [1.165, 1.54) is 0 Å². The first kappa shape index (κ1) is 17.8. The van der Waals surface area contributed by atoms with Crippen molar-refractivity contribution in [2.45, 2.75) is 64.0 Å². The molecular weight excluding hydrogens is 346 g/mol. The zero-order valence-corrected chi connectivity index (χ0v) is 16.0. The summed E-state index contributed by atoms with van der Waals surface area (Å²) >= 11 is 0. The minimum atomic E-state index is -0.560. The number of nitrogens with one attached hydrogen (secondary N) is 1. The van der Waals surface area contributed by atoms with Gasteiger partial charge in [-0.3, -0.25) is 4.79 Å². The van der Waals surface area contributed by atoms with E-state index in [1.807, 2.05) is 32.0 Å². The van der Waals surface area contributed by atoms with Crippen molar-refractivity contribution in [1.29, 1.82) is 0 Å². The van der Waals surface area contributed by atoms with Crippen molar-refractivity contribution in [3.63, 3.8) is 0 Å². The monoisotopic (exact) mass is 371 g/mol. The van der Waals surface area contributed by atoms with Gasteiger partial charge in [-0.05, 0) is 32.8 Å². The Kier molecular flexibility index (Phi) is 4.32. The van der Waals surface area contributed by atoms with Crippen LogP contribution in [-0.2, 0) is 16.8 Å². The highest BCUT2D eigenvalue weighted by Crippen LogP contribution is 2.42. The zero-order chi connectivity index (χ0) is 19.1. The zero-order valence-electron chi connectivity index (χ0n) is 16.0. The van der Waals surface area contributed by atoms with Gasteiger partial charge in [0.05, 0.1) is 0 Å². The van der Waals surface area contributed by atoms with Crippen molar-refractivity contribution in [2.75, 3.05) is 6.61 Å². The summed E-state index contributed by atoms with van der Waals surface area (Å²) in [5.74, 6) is 2.19. The van der Waals surface area contributed by atoms with E-state index in [0.717, 1.165) is 43.4 Å². The maximum Gasteiger partial charge on any atom is 0.258 e. The second kappa shape index (κ2) is 6.55. The molecular formula is C20H25N3O4. The van der Waals surface area contributed by atoms with Gasteiger partial charge in [-0.15, -0.1) is 0 Å². The molecule has 7 nitrogen and oxygen atoms in total. The van der Waals surface area contributed by atoms with E-state index in [9.17, 15) is 4.79 Å². The third-order valence-electron chi connectivity index (χ3n) is 5.21. The summed E-state index contributed by atoms with van der Waals surface area (Å²) in [4.78, 5) is 17.0. The van der Waals surface area contributed by atoms with Crippen molar-refractivity contribution in [3.05, 3.63) is 35.5 Å². The van der Waals surface area contributed by atoms with E-state index < -0.39 is 5.54 Å². The number of carbonyl (C=O) groups excluding carboxylic acids is 1. The van der Waals surface area contributed by atoms with Crippen LogP contribution in [0.2, 0.25) is 0 Å². The maximum absolute atomic E-state index is 12.6. The SMILES string of the molecule is Cc1nc(C2(NC(=O)COc3cccc4c3OC(C)(C)C4)CCCC2)no1. The highest BCUT2D eigenvalue weighted by atomic mass is 16.5. The standard InChI is InChI=1S/C20H25N3O4/c1-13-21-18(23-27-13)20(9-4-5-10-20)22-16(24)12-25-15-8-6-7-14-11-19(2,3)26-17(14)15/h6-8H,4-5,9-12H2,1-3H3,(H,22,24). The third-order valence-corrected chi connectivity index (χ3v) is 5.21. The van der Waals surface area contributed by atoms with Gasteiger partial charge in [0.1, 0.15) is 11.1 Å². The summed E-state index contributed by atoms with van der Waals surface area (Å²) in [5, 5.41) is 7.13. The number of amides is 1. The number of hydrogen-bond donors (Lipinski definition) is 1. The van der Waals surface area contributed by atoms with Gasteiger partial charge >= 0.3 is 0 Å². The number of carbonyl (C=O) groups is 1. The van der Waals surface area contributed by atoms with Gasteiger partial charge in [0, 0.05) is 18.9 Å². The lowest BCUT2D eigenvalue weighted by molar-refractivity contribution is -0.125. The molecule has 0 spiro atoms. The third kappa shape index (κ3) is 3.50. The average Bonchev–Trinajstić information content (AvgIpc) is 3.31. The Labute approximate surface area is 158 Å². The number of aryl methyl sites for hydroxylation is 1. The molecule has 1 amide bonds. The summed E-state index contributed by atoms with van der Waals surface area (Å²) in [7, 11) is 0. The molecule has 1 aliphatic heterocycles. The number of rotatable bonds is 5. The van der Waals surface area contributed by atoms with Gasteiger partial charge in [-0.25, -0.2) is 0 Å². The fraction of sp³-hybridized carbons (Fsp3) is 0.550. The summed E-state index contributed by atoms with van der Waals surface area (Å²) in [6, 6.07) is 5.79. The van der Waals surface area contributed by atoms with Gasteiger partial charge in [-0.1, -0.05) is 30.1 Å². The smallest absolute Gasteiger partial charge is 0.258 e. The van der Waals surface area contributed by atoms with Crippen LogP contribution in [0.5, 0.6) is 11.5 Å². The summed E-state index contributed by atoms with van der Waals surface area (Å²) < 4.78 is 16.9. The van der Waals surface area contributed by atoms with Crippen LogP contribution in [0, 0.1) is 6.92 Å². The average molecular weight is 371 g/mol. The summed E-state index contributed by atoms with van der Waals surface area (Å²) in [5.41, 5.74) is 0.288. The van der Waals surface area contributed by atoms with Crippen molar-refractivity contribution in [3.8, 4) is 11.5 Å². The van der Waals surface area contributed by atoms with Crippen LogP contribution >= 0.6 is 0 Å². The number of hydrogen-bond acceptors (Lipinski definition) is 6. The van der Waals surface area contributed by atoms with Crippen LogP contribution in [0.15, 0.2) is 22.7 Å². The molecule has 1 saturated carbocycles. The molecule has 7 heteroatoms. The lowest BCUT2D eigenvalue weighted by atomic mass is 9.96. The predicted molar refractivity (Wildman–Crippen MR) is 97.7 cm³/mol. The predicted octanol–water partition coefficient (Wildman–Crippen LogP) is 3.06. The van der Waals surface area contributed by atoms with E-state index in [1.54, 1.807) is 6.92 Å². The van der Waals surface area contributed by atoms with Crippen molar-refractivity contribution < 1.29 is 18.8 Å². The Hall–Kier alpha value is -2.57. The number of benzene rings is 1. The highest BCUT2D eigenvalue weighted by Gasteiger charge is 2.41. The molecule has 0 atom stereocenters. The molecule has 1 fully saturated rings. The fourth-order valence-electron chi connectivity index (χ4n) is 4.02. The molecule has 4 rings (SSSR count). The summed E-state index contributed by atoms with van der Waals surface area (Å²) in [6.07, 6.45) is 4.46. The van der Waals surface area contributed by atoms with Crippen LogP contribution in [-0.4, -0.2) is 28.3 Å². The Balaban J connectivity index is 1.44. The van der Waals surface area contributed by atoms with Crippen molar-refractivity contribution in [1.82, 2.24) is 15.5 Å². The van der Waals surface area contributed by atoms with Gasteiger partial charge < -0.3 is 19.3 Å². The fourth-order valence-corrected chi connectivity index (χ4v) is 4.02. The van der Waals surface area contributed by atoms with Crippen molar-refractivity contribution >= 4 is 5.91 Å². The van der Waals surface area contributed by atoms with E-state index in [0.29, 0.717) is 17.5 Å². The van der Waals surface area contributed by atoms with Crippen LogP contribution in [0.25, 0.3) is 0 Å². The first-order chi connectivity index (χ1) is 12.9. The lowest BCUT2D eigenvalue weighted by Gasteiger charge is -2.26. The highest BCUT2D eigenvalue weighted by molar-refractivity contribution is 5.78. The Bertz CT molecular complexity index is 853. The van der Waals surface area contributed by atoms with Crippen LogP contribution in [0.4, 0.5) is 0 Å². The molecule has 0 radical (unpaired) electrons. The first-order valence-corrected chi connectivity index (χ1v) is 9.42. The Morgan fingerprint density at radius 1 is 1.30 bits per heavy atom. The Morgan fingerprint density at radius 3 is 2.78 bits per heavy atom. The number of ether oxygens (including phenoxy) is 2. The number of aromatic nitrogens is 2. The van der Waals surface area contributed by atoms with E-state index >= 15 is 0 Å². The topological polar surface area (TPSA) is 86.5 Å². The molecule has 1 aliphatic carbocycles. The molecule has 1 aromatic heterocycles. The molecule has 2 heterocycles. The van der Waals surface area contributed by atoms with Gasteiger partial charge in [0.25, 0.3) is 5.91 Å². The molecule has 27 heavy (non-hydrogen) atoms. The lowest BCUT2D eigenvalue weighted by Crippen LogP contribution is -2.46. The largest absolute Gasteiger partial charge is 0.483 e. The molecule has 2 aliphatic rings. The molecule has 1 aromatic carbocycles. The number of nitrogens with zero attached hydrogens (tertiary/aromatic N) is 2. The molecule has 0 unspecified atom stereocenters. The molecule has 144 valence electrons. The van der Waals surface area contributed by atoms with Gasteiger partial charge in [0.15, 0.2) is 23.9 Å². The minimum absolute atomic E-state index is 0.0845. The van der Waals surface area contributed by atoms with Crippen molar-refractivity contribution in [2.24, 2.45) is 0 Å². The van der Waals surface area contributed by atoms with Gasteiger partial charge in [-0.2, -0.15) is 4.98 Å². The second-order valence-corrected chi connectivity index (χ2v) is 8.05. The van der Waals surface area contributed by atoms with Gasteiger partial charge in [0.2, 0.25) is 5.89 Å². The molecule has 0 saturated heterocycles. The normalized spacial score (nSPS) is 19.4. The van der Waals surface area contributed by atoms with E-state index in [4.69, 9.17) is 14.0 Å². The summed E-state index contributed by atoms with van der Waals surface area (Å²) in [6.45, 7) is 5.75. The first-order valence-electron chi connectivity index (χ1n) is 9.42. The van der Waals surface area contributed by atoms with Crippen LogP contribution < -0.4 is 14.8 Å².